The van der Waals surface area contributed by atoms with Gasteiger partial charge in [0.25, 0.3) is 5.91 Å². The van der Waals surface area contributed by atoms with Crippen molar-refractivity contribution >= 4 is 33.3 Å². The van der Waals surface area contributed by atoms with Crippen LogP contribution in [-0.4, -0.2) is 73.5 Å². The number of benzene rings is 2. The van der Waals surface area contributed by atoms with Gasteiger partial charge >= 0.3 is 12.4 Å². The summed E-state index contributed by atoms with van der Waals surface area (Å²) in [6.45, 7) is 4.17. The van der Waals surface area contributed by atoms with E-state index in [-0.39, 0.29) is 41.8 Å². The van der Waals surface area contributed by atoms with Gasteiger partial charge < -0.3 is 15.1 Å². The predicted octanol–water partition coefficient (Wildman–Crippen LogP) is 6.06. The average Bonchev–Trinajstić information content (AvgIpc) is 3.30. The van der Waals surface area contributed by atoms with E-state index in [1.807, 2.05) is 20.9 Å². The summed E-state index contributed by atoms with van der Waals surface area (Å²) >= 11 is 5.93. The number of hydrogen-bond acceptors (Lipinski definition) is 5. The van der Waals surface area contributed by atoms with Crippen LogP contribution in [0.1, 0.15) is 61.0 Å². The lowest BCUT2D eigenvalue weighted by Crippen LogP contribution is -2.53. The molecule has 248 valence electrons. The molecule has 4 atom stereocenters. The Balaban J connectivity index is 1.56. The first-order chi connectivity index (χ1) is 20.8. The number of hydrogen-bond donors (Lipinski definition) is 1. The first-order valence-corrected chi connectivity index (χ1v) is 16.4. The summed E-state index contributed by atoms with van der Waals surface area (Å²) in [5.74, 6) is -2.56. The molecule has 1 aliphatic carbocycles. The van der Waals surface area contributed by atoms with E-state index in [9.17, 15) is 44.3 Å². The average molecular weight is 682 g/mol. The van der Waals surface area contributed by atoms with E-state index in [1.54, 1.807) is 0 Å². The number of alkyl halides is 6. The second-order valence-corrected chi connectivity index (χ2v) is 14.4. The molecule has 1 saturated heterocycles. The zero-order valence-electron chi connectivity index (χ0n) is 24.8. The number of sulfone groups is 1. The summed E-state index contributed by atoms with van der Waals surface area (Å²) in [6, 6.07) is 4.83. The Morgan fingerprint density at radius 1 is 1.00 bits per heavy atom. The summed E-state index contributed by atoms with van der Waals surface area (Å²) in [5.41, 5.74) is -4.17. The Morgan fingerprint density at radius 2 is 1.58 bits per heavy atom. The molecule has 0 spiro atoms. The molecule has 2 fully saturated rings. The van der Waals surface area contributed by atoms with Crippen molar-refractivity contribution in [1.29, 1.82) is 0 Å². The van der Waals surface area contributed by atoms with Gasteiger partial charge in [-0.2, -0.15) is 26.3 Å². The molecule has 2 aromatic carbocycles. The fourth-order valence-electron chi connectivity index (χ4n) is 6.12. The van der Waals surface area contributed by atoms with Gasteiger partial charge in [0.2, 0.25) is 5.91 Å². The highest BCUT2D eigenvalue weighted by molar-refractivity contribution is 7.91. The van der Waals surface area contributed by atoms with Crippen molar-refractivity contribution in [1.82, 2.24) is 15.1 Å². The van der Waals surface area contributed by atoms with Gasteiger partial charge in [-0.3, -0.25) is 9.59 Å². The van der Waals surface area contributed by atoms with E-state index in [0.29, 0.717) is 36.4 Å². The normalized spacial score (nSPS) is 23.2. The number of halogens is 7. The molecule has 0 radical (unpaired) electrons. The Hall–Kier alpha value is -2.84. The highest BCUT2D eigenvalue weighted by atomic mass is 35.5. The Morgan fingerprint density at radius 3 is 2.11 bits per heavy atom. The lowest BCUT2D eigenvalue weighted by Gasteiger charge is -2.44. The smallest absolute Gasteiger partial charge is 0.340 e. The van der Waals surface area contributed by atoms with E-state index in [1.165, 1.54) is 29.2 Å². The number of amides is 2. The molecule has 0 bridgehead atoms. The molecular weight excluding hydrogens is 648 g/mol. The van der Waals surface area contributed by atoms with Gasteiger partial charge in [0.1, 0.15) is 6.04 Å². The first-order valence-electron chi connectivity index (χ1n) is 14.4. The molecule has 1 saturated carbocycles. The molecule has 2 aliphatic rings. The van der Waals surface area contributed by atoms with Gasteiger partial charge in [0.05, 0.1) is 21.8 Å². The lowest BCUT2D eigenvalue weighted by molar-refractivity contribution is -0.143. The van der Waals surface area contributed by atoms with Crippen molar-refractivity contribution in [2.75, 3.05) is 19.3 Å². The molecule has 1 aliphatic heterocycles. The first kappa shape index (κ1) is 35.0. The van der Waals surface area contributed by atoms with Crippen LogP contribution in [0.2, 0.25) is 5.02 Å². The van der Waals surface area contributed by atoms with Crippen LogP contribution in [-0.2, 0) is 27.0 Å². The van der Waals surface area contributed by atoms with E-state index in [0.717, 1.165) is 0 Å². The summed E-state index contributed by atoms with van der Waals surface area (Å²) in [6.07, 6.45) is -8.62. The van der Waals surface area contributed by atoms with E-state index in [2.05, 4.69) is 10.2 Å². The Labute approximate surface area is 262 Å². The maximum atomic E-state index is 13.5. The molecule has 0 aromatic heterocycles. The van der Waals surface area contributed by atoms with Crippen molar-refractivity contribution < 1.29 is 44.3 Å². The second kappa shape index (κ2) is 13.1. The van der Waals surface area contributed by atoms with Gasteiger partial charge in [-0.1, -0.05) is 11.6 Å². The van der Waals surface area contributed by atoms with Gasteiger partial charge in [-0.15, -0.1) is 0 Å². The number of carbonyl (C=O) groups excluding carboxylic acids is 2. The number of nitrogens with one attached hydrogen (secondary N) is 1. The number of rotatable bonds is 8. The highest BCUT2D eigenvalue weighted by Gasteiger charge is 2.45. The molecule has 1 N–H and O–H groups in total. The standard InChI is InChI=1S/C30H34ClF6N3O4S/c1-17(2)39(3)23-6-9-26(19(14-23)16-45(43,44)24-7-4-22(31)5-8-24)40-11-10-25(28(40)42)38-27(41)18-12-20(29(32,33)34)15-21(13-18)30(35,36)37/h4-5,7-8,12-13,15,17,19,23,25-26H,6,9-11,14,16H2,1-3H3,(H,38,41)/t19-,23?,25?,26?/m0/s1. The fourth-order valence-corrected chi connectivity index (χ4v) is 7.91. The van der Waals surface area contributed by atoms with Gasteiger partial charge in [-0.25, -0.2) is 8.42 Å². The summed E-state index contributed by atoms with van der Waals surface area (Å²) in [7, 11) is -1.85. The zero-order chi connectivity index (χ0) is 33.5. The van der Waals surface area contributed by atoms with Crippen LogP contribution in [0.5, 0.6) is 0 Å². The van der Waals surface area contributed by atoms with Gasteiger partial charge in [0.15, 0.2) is 9.84 Å². The molecule has 2 amide bonds. The zero-order valence-corrected chi connectivity index (χ0v) is 26.3. The number of carbonyl (C=O) groups is 2. The molecule has 7 nitrogen and oxygen atoms in total. The van der Waals surface area contributed by atoms with Gasteiger partial charge in [-0.05, 0) is 95.0 Å². The topological polar surface area (TPSA) is 86.8 Å². The van der Waals surface area contributed by atoms with Crippen LogP contribution in [0.4, 0.5) is 26.3 Å². The maximum Gasteiger partial charge on any atom is 0.416 e. The van der Waals surface area contributed by atoms with Crippen LogP contribution >= 0.6 is 11.6 Å². The highest BCUT2D eigenvalue weighted by Crippen LogP contribution is 2.38. The third-order valence-electron chi connectivity index (χ3n) is 8.71. The minimum atomic E-state index is -5.14. The van der Waals surface area contributed by atoms with Crippen LogP contribution in [0, 0.1) is 5.92 Å². The van der Waals surface area contributed by atoms with Crippen molar-refractivity contribution in [3.63, 3.8) is 0 Å². The largest absolute Gasteiger partial charge is 0.416 e. The van der Waals surface area contributed by atoms with Crippen LogP contribution in [0.15, 0.2) is 47.4 Å². The van der Waals surface area contributed by atoms with Gasteiger partial charge in [0, 0.05) is 35.3 Å². The molecular formula is C30H34ClF6N3O4S. The Bertz CT molecular complexity index is 1480. The molecule has 4 rings (SSSR count). The minimum Gasteiger partial charge on any atom is -0.340 e. The van der Waals surface area contributed by atoms with E-state index in [4.69, 9.17) is 11.6 Å². The van der Waals surface area contributed by atoms with Crippen LogP contribution in [0.3, 0.4) is 0 Å². The van der Waals surface area contributed by atoms with E-state index < -0.39 is 68.7 Å². The summed E-state index contributed by atoms with van der Waals surface area (Å²) < 4.78 is 107. The Kier molecular flexibility index (Phi) is 10.2. The van der Waals surface area contributed by atoms with Crippen molar-refractivity contribution in [3.8, 4) is 0 Å². The third-order valence-corrected chi connectivity index (χ3v) is 10.8. The maximum absolute atomic E-state index is 13.5. The van der Waals surface area contributed by atoms with Crippen molar-refractivity contribution in [3.05, 3.63) is 64.2 Å². The molecule has 1 heterocycles. The SMILES string of the molecule is CC(C)N(C)C1CCC(N2CCC(NC(=O)c3cc(C(F)(F)F)cc(C(F)(F)F)c3)C2=O)[C@H](CS(=O)(=O)c2ccc(Cl)cc2)C1. The third kappa shape index (κ3) is 8.12. The van der Waals surface area contributed by atoms with Crippen molar-refractivity contribution in [2.24, 2.45) is 5.92 Å². The van der Waals surface area contributed by atoms with E-state index >= 15 is 0 Å². The minimum absolute atomic E-state index is 0.0450. The molecule has 15 heteroatoms. The predicted molar refractivity (Wildman–Crippen MR) is 155 cm³/mol. The molecule has 45 heavy (non-hydrogen) atoms. The van der Waals surface area contributed by atoms with Crippen LogP contribution < -0.4 is 5.32 Å². The van der Waals surface area contributed by atoms with Crippen molar-refractivity contribution in [2.45, 2.75) is 80.9 Å². The van der Waals surface area contributed by atoms with Crippen LogP contribution in [0.25, 0.3) is 0 Å². The summed E-state index contributed by atoms with van der Waals surface area (Å²) in [5, 5.41) is 2.68. The monoisotopic (exact) mass is 681 g/mol. The fraction of sp³-hybridized carbons (Fsp3) is 0.533. The lowest BCUT2D eigenvalue weighted by atomic mass is 9.81. The summed E-state index contributed by atoms with van der Waals surface area (Å²) in [4.78, 5) is 30.2. The molecule has 2 aromatic rings. The molecule has 3 unspecified atom stereocenters. The second-order valence-electron chi connectivity index (χ2n) is 11.9. The number of likely N-dealkylation sites (tertiary alicyclic amines) is 1. The quantitative estimate of drug-likeness (QED) is 0.343. The number of nitrogens with zero attached hydrogens (tertiary/aromatic N) is 2.